The summed E-state index contributed by atoms with van der Waals surface area (Å²) in [7, 11) is 4.03. The standard InChI is InChI=1S/C11H15N5/c1-15-7-8-16(2)11(15)14-13-10-5-3-9(12)4-6-10/h3-8,11H,12H2,1-2H3/p+1. The number of azo groups is 1. The fraction of sp³-hybridized carbons (Fsp3) is 0.273. The van der Waals surface area contributed by atoms with E-state index in [1.54, 1.807) is 0 Å². The molecule has 0 radical (unpaired) electrons. The molecular formula is C11H16N5+. The molecule has 84 valence electrons. The van der Waals surface area contributed by atoms with E-state index in [2.05, 4.69) is 10.2 Å². The van der Waals surface area contributed by atoms with E-state index in [4.69, 9.17) is 5.73 Å². The Hall–Kier alpha value is -1.88. The highest BCUT2D eigenvalue weighted by Crippen LogP contribution is 2.15. The first kappa shape index (κ1) is 10.6. The van der Waals surface area contributed by atoms with Gasteiger partial charge >= 0.3 is 0 Å². The summed E-state index contributed by atoms with van der Waals surface area (Å²) >= 11 is 0. The molecule has 0 aliphatic carbocycles. The molecule has 1 aromatic rings. The minimum Gasteiger partial charge on any atom is -0.399 e. The molecule has 0 amide bonds. The van der Waals surface area contributed by atoms with Crippen molar-refractivity contribution in [1.82, 2.24) is 4.90 Å². The normalized spacial score (nSPS) is 24.5. The quantitative estimate of drug-likeness (QED) is 0.563. The smallest absolute Gasteiger partial charge is 0.284 e. The first-order chi connectivity index (χ1) is 7.66. The van der Waals surface area contributed by atoms with Crippen LogP contribution >= 0.6 is 0 Å². The molecule has 0 aromatic heterocycles. The molecule has 5 heteroatoms. The number of nitrogen functional groups attached to an aromatic ring is 1. The van der Waals surface area contributed by atoms with Gasteiger partial charge in [-0.3, -0.25) is 4.90 Å². The van der Waals surface area contributed by atoms with Crippen molar-refractivity contribution in [2.45, 2.75) is 6.29 Å². The van der Waals surface area contributed by atoms with Crippen LogP contribution in [-0.2, 0) is 0 Å². The Morgan fingerprint density at radius 1 is 1.31 bits per heavy atom. The number of hydrogen-bond acceptors (Lipinski definition) is 4. The number of anilines is 1. The third-order valence-corrected chi connectivity index (χ3v) is 2.54. The SMILES string of the molecule is CN1C=C[NH+](C)C1N=Nc1ccc(N)cc1. The molecule has 1 aliphatic rings. The number of nitrogens with zero attached hydrogens (tertiary/aromatic N) is 3. The second kappa shape index (κ2) is 4.32. The van der Waals surface area contributed by atoms with Crippen molar-refractivity contribution < 1.29 is 4.90 Å². The molecular weight excluding hydrogens is 202 g/mol. The average Bonchev–Trinajstić information content (AvgIpc) is 2.59. The molecule has 0 saturated carbocycles. The van der Waals surface area contributed by atoms with Gasteiger partial charge in [0.15, 0.2) is 0 Å². The van der Waals surface area contributed by atoms with E-state index in [-0.39, 0.29) is 6.29 Å². The topological polar surface area (TPSA) is 58.4 Å². The Morgan fingerprint density at radius 2 is 2.00 bits per heavy atom. The Bertz CT molecular complexity index is 397. The molecule has 3 N–H and O–H groups in total. The van der Waals surface area contributed by atoms with E-state index >= 15 is 0 Å². The number of hydrogen-bond donors (Lipinski definition) is 2. The molecule has 1 aromatic carbocycles. The van der Waals surface area contributed by atoms with E-state index in [1.165, 1.54) is 4.90 Å². The predicted octanol–water partition coefficient (Wildman–Crippen LogP) is 0.567. The van der Waals surface area contributed by atoms with Crippen LogP contribution in [0.4, 0.5) is 11.4 Å². The van der Waals surface area contributed by atoms with Crippen LogP contribution in [0.1, 0.15) is 0 Å². The van der Waals surface area contributed by atoms with Gasteiger partial charge in [0.1, 0.15) is 6.20 Å². The minimum absolute atomic E-state index is 0.0255. The molecule has 0 bridgehead atoms. The van der Waals surface area contributed by atoms with Crippen LogP contribution in [0.15, 0.2) is 46.9 Å². The van der Waals surface area contributed by atoms with Gasteiger partial charge in [0.2, 0.25) is 0 Å². The summed E-state index contributed by atoms with van der Waals surface area (Å²) in [6.07, 6.45) is 4.08. The highest BCUT2D eigenvalue weighted by atomic mass is 15.5. The summed E-state index contributed by atoms with van der Waals surface area (Å²) in [5, 5.41) is 8.49. The van der Waals surface area contributed by atoms with Crippen molar-refractivity contribution in [3.63, 3.8) is 0 Å². The number of benzene rings is 1. The van der Waals surface area contributed by atoms with Gasteiger partial charge in [0.25, 0.3) is 6.29 Å². The Kier molecular flexibility index (Phi) is 2.87. The molecule has 2 atom stereocenters. The van der Waals surface area contributed by atoms with Crippen LogP contribution < -0.4 is 10.6 Å². The van der Waals surface area contributed by atoms with E-state index in [0.29, 0.717) is 0 Å². The van der Waals surface area contributed by atoms with Crippen LogP contribution in [0.25, 0.3) is 0 Å². The third-order valence-electron chi connectivity index (χ3n) is 2.54. The monoisotopic (exact) mass is 218 g/mol. The average molecular weight is 218 g/mol. The van der Waals surface area contributed by atoms with E-state index in [1.807, 2.05) is 55.7 Å². The van der Waals surface area contributed by atoms with Crippen LogP contribution in [0.3, 0.4) is 0 Å². The predicted molar refractivity (Wildman–Crippen MR) is 62.9 cm³/mol. The summed E-state index contributed by atoms with van der Waals surface area (Å²) in [5.41, 5.74) is 7.15. The van der Waals surface area contributed by atoms with Crippen LogP contribution in [-0.4, -0.2) is 25.3 Å². The summed E-state index contributed by atoms with van der Waals surface area (Å²) in [5.74, 6) is 0. The Labute approximate surface area is 94.9 Å². The third kappa shape index (κ3) is 2.20. The van der Waals surface area contributed by atoms with Crippen LogP contribution in [0.5, 0.6) is 0 Å². The number of quaternary nitrogens is 1. The maximum atomic E-state index is 5.59. The molecule has 0 spiro atoms. The van der Waals surface area contributed by atoms with Crippen LogP contribution in [0, 0.1) is 0 Å². The van der Waals surface area contributed by atoms with Gasteiger partial charge in [0.05, 0.1) is 18.9 Å². The summed E-state index contributed by atoms with van der Waals surface area (Å²) < 4.78 is 0. The first-order valence-electron chi connectivity index (χ1n) is 5.17. The fourth-order valence-electron chi connectivity index (χ4n) is 1.56. The molecule has 5 nitrogen and oxygen atoms in total. The zero-order valence-corrected chi connectivity index (χ0v) is 9.46. The molecule has 0 fully saturated rings. The largest absolute Gasteiger partial charge is 0.399 e. The van der Waals surface area contributed by atoms with Crippen molar-refractivity contribution in [2.75, 3.05) is 19.8 Å². The van der Waals surface area contributed by atoms with Gasteiger partial charge in [-0.15, -0.1) is 10.2 Å². The second-order valence-corrected chi connectivity index (χ2v) is 3.91. The lowest BCUT2D eigenvalue weighted by molar-refractivity contribution is -0.856. The van der Waals surface area contributed by atoms with Crippen molar-refractivity contribution in [3.8, 4) is 0 Å². The molecule has 0 saturated heterocycles. The maximum absolute atomic E-state index is 5.59. The Morgan fingerprint density at radius 3 is 2.56 bits per heavy atom. The van der Waals surface area contributed by atoms with Crippen molar-refractivity contribution in [3.05, 3.63) is 36.7 Å². The van der Waals surface area contributed by atoms with Gasteiger partial charge in [-0.2, -0.15) is 0 Å². The zero-order chi connectivity index (χ0) is 11.5. The molecule has 2 rings (SSSR count). The van der Waals surface area contributed by atoms with Gasteiger partial charge in [0, 0.05) is 12.7 Å². The first-order valence-corrected chi connectivity index (χ1v) is 5.17. The van der Waals surface area contributed by atoms with E-state index in [0.717, 1.165) is 11.4 Å². The summed E-state index contributed by atoms with van der Waals surface area (Å²) in [4.78, 5) is 3.22. The molecule has 16 heavy (non-hydrogen) atoms. The maximum Gasteiger partial charge on any atom is 0.284 e. The van der Waals surface area contributed by atoms with Gasteiger partial charge in [-0.25, -0.2) is 0 Å². The van der Waals surface area contributed by atoms with Crippen molar-refractivity contribution in [2.24, 2.45) is 10.2 Å². The number of nitrogens with two attached hydrogens (primary N) is 1. The Balaban J connectivity index is 2.07. The lowest BCUT2D eigenvalue weighted by atomic mass is 10.3. The molecule has 1 heterocycles. The summed E-state index contributed by atoms with van der Waals surface area (Å²) in [6.45, 7) is 0. The van der Waals surface area contributed by atoms with Gasteiger partial charge < -0.3 is 10.6 Å². The van der Waals surface area contributed by atoms with Crippen molar-refractivity contribution >= 4 is 11.4 Å². The lowest BCUT2D eigenvalue weighted by Crippen LogP contribution is -3.08. The highest BCUT2D eigenvalue weighted by molar-refractivity contribution is 5.47. The van der Waals surface area contributed by atoms with Crippen LogP contribution in [0.2, 0.25) is 0 Å². The highest BCUT2D eigenvalue weighted by Gasteiger charge is 2.24. The van der Waals surface area contributed by atoms with E-state index < -0.39 is 0 Å². The van der Waals surface area contributed by atoms with Gasteiger partial charge in [-0.05, 0) is 24.3 Å². The molecule has 1 aliphatic heterocycles. The second-order valence-electron chi connectivity index (χ2n) is 3.91. The molecule has 2 unspecified atom stereocenters. The van der Waals surface area contributed by atoms with Crippen molar-refractivity contribution in [1.29, 1.82) is 0 Å². The minimum atomic E-state index is 0.0255. The van der Waals surface area contributed by atoms with Gasteiger partial charge in [-0.1, -0.05) is 0 Å². The summed E-state index contributed by atoms with van der Waals surface area (Å²) in [6, 6.07) is 7.36. The number of rotatable bonds is 2. The zero-order valence-electron chi connectivity index (χ0n) is 9.46. The van der Waals surface area contributed by atoms with E-state index in [9.17, 15) is 0 Å². The number of nitrogens with one attached hydrogen (secondary N) is 1. The fourth-order valence-corrected chi connectivity index (χ4v) is 1.56. The lowest BCUT2D eigenvalue weighted by Gasteiger charge is -2.16.